The first-order chi connectivity index (χ1) is 13.3. The van der Waals surface area contributed by atoms with Crippen molar-refractivity contribution in [3.8, 4) is 5.75 Å². The summed E-state index contributed by atoms with van der Waals surface area (Å²) < 4.78 is 20.1. The zero-order valence-electron chi connectivity index (χ0n) is 16.7. The molecule has 0 spiro atoms. The molecule has 2 aromatic rings. The van der Waals surface area contributed by atoms with Gasteiger partial charge in [-0.3, -0.25) is 0 Å². The predicted molar refractivity (Wildman–Crippen MR) is 107 cm³/mol. The Balaban J connectivity index is 1.54. The van der Waals surface area contributed by atoms with Crippen LogP contribution in [0.25, 0.3) is 0 Å². The maximum absolute atomic E-state index is 14.5. The Hall–Kier alpha value is -2.60. The van der Waals surface area contributed by atoms with E-state index in [0.29, 0.717) is 32.8 Å². The van der Waals surface area contributed by atoms with Crippen LogP contribution in [-0.2, 0) is 16.2 Å². The monoisotopic (exact) mass is 386 g/mol. The van der Waals surface area contributed by atoms with E-state index in [0.717, 1.165) is 11.3 Å². The van der Waals surface area contributed by atoms with Crippen LogP contribution in [0.4, 0.5) is 10.1 Å². The van der Waals surface area contributed by atoms with Gasteiger partial charge >= 0.3 is 5.97 Å². The van der Waals surface area contributed by atoms with E-state index in [1.807, 2.05) is 57.2 Å². The molecule has 0 amide bonds. The van der Waals surface area contributed by atoms with Gasteiger partial charge in [0.1, 0.15) is 6.61 Å². The van der Waals surface area contributed by atoms with E-state index in [1.54, 1.807) is 11.1 Å². The molecule has 0 atom stereocenters. The molecule has 0 aliphatic carbocycles. The molecule has 0 bridgehead atoms. The minimum Gasteiger partial charge on any atom is -0.486 e. The van der Waals surface area contributed by atoms with Gasteiger partial charge < -0.3 is 14.5 Å². The number of piperazine rings is 1. The second kappa shape index (κ2) is 8.61. The number of carbonyl (C=O) groups excluding carboxylic acids is 1. The number of nitrogens with zero attached hydrogens (tertiary/aromatic N) is 2. The molecule has 0 aromatic heterocycles. The molecule has 0 radical (unpaired) electrons. The van der Waals surface area contributed by atoms with Crippen molar-refractivity contribution in [1.82, 2.24) is 5.06 Å². The second-order valence-electron chi connectivity index (χ2n) is 7.93. The number of ether oxygens (including phenoxy) is 1. The SMILES string of the molecule is CC(C)(C)C(=O)ON1CCN(c2ccc(OCc3ccccc3)c(F)c2)CC1. The number of hydroxylamine groups is 2. The fraction of sp³-hybridized carbons (Fsp3) is 0.409. The van der Waals surface area contributed by atoms with Crippen molar-refractivity contribution in [3.63, 3.8) is 0 Å². The van der Waals surface area contributed by atoms with Crippen molar-refractivity contribution in [3.05, 3.63) is 59.9 Å². The van der Waals surface area contributed by atoms with Gasteiger partial charge in [0.25, 0.3) is 0 Å². The molecule has 2 aromatic carbocycles. The summed E-state index contributed by atoms with van der Waals surface area (Å²) in [5.74, 6) is -0.382. The minimum absolute atomic E-state index is 0.241. The highest BCUT2D eigenvalue weighted by Gasteiger charge is 2.28. The maximum atomic E-state index is 14.5. The van der Waals surface area contributed by atoms with Gasteiger partial charge in [-0.2, -0.15) is 0 Å². The number of carbonyl (C=O) groups is 1. The Bertz CT molecular complexity index is 797. The first-order valence-electron chi connectivity index (χ1n) is 9.51. The van der Waals surface area contributed by atoms with Crippen molar-refractivity contribution in [2.24, 2.45) is 5.41 Å². The van der Waals surface area contributed by atoms with Gasteiger partial charge in [-0.25, -0.2) is 9.18 Å². The Kier molecular flexibility index (Phi) is 6.19. The number of hydrogen-bond donors (Lipinski definition) is 0. The molecule has 1 aliphatic rings. The number of benzene rings is 2. The van der Waals surface area contributed by atoms with Gasteiger partial charge in [-0.1, -0.05) is 30.3 Å². The summed E-state index contributed by atoms with van der Waals surface area (Å²) in [5, 5.41) is 1.68. The summed E-state index contributed by atoms with van der Waals surface area (Å²) in [5.41, 5.74) is 1.26. The highest BCUT2D eigenvalue weighted by molar-refractivity contribution is 5.75. The molecule has 150 valence electrons. The molecule has 1 heterocycles. The third kappa shape index (κ3) is 5.23. The van der Waals surface area contributed by atoms with Crippen LogP contribution in [0.5, 0.6) is 5.75 Å². The summed E-state index contributed by atoms with van der Waals surface area (Å²) in [6.45, 7) is 8.28. The molecule has 0 N–H and O–H groups in total. The summed E-state index contributed by atoms with van der Waals surface area (Å²) in [6.07, 6.45) is 0. The standard InChI is InChI=1S/C22H27FN2O3/c1-22(2,3)21(26)28-25-13-11-24(12-14-25)18-9-10-20(19(23)15-18)27-16-17-7-5-4-6-8-17/h4-10,15H,11-14,16H2,1-3H3. The van der Waals surface area contributed by atoms with E-state index in [4.69, 9.17) is 9.57 Å². The van der Waals surface area contributed by atoms with Crippen LogP contribution in [0.2, 0.25) is 0 Å². The van der Waals surface area contributed by atoms with E-state index < -0.39 is 5.41 Å². The van der Waals surface area contributed by atoms with Crippen LogP contribution in [0.1, 0.15) is 26.3 Å². The third-order valence-corrected chi connectivity index (χ3v) is 4.58. The average molecular weight is 386 g/mol. The normalized spacial score (nSPS) is 15.4. The molecule has 6 heteroatoms. The molecule has 0 saturated carbocycles. The fourth-order valence-corrected chi connectivity index (χ4v) is 2.83. The predicted octanol–water partition coefficient (Wildman–Crippen LogP) is 4.03. The Labute approximate surface area is 165 Å². The Morgan fingerprint density at radius 3 is 2.32 bits per heavy atom. The van der Waals surface area contributed by atoms with E-state index >= 15 is 0 Å². The van der Waals surface area contributed by atoms with Gasteiger partial charge in [-0.05, 0) is 38.5 Å². The zero-order valence-corrected chi connectivity index (χ0v) is 16.7. The lowest BCUT2D eigenvalue weighted by Gasteiger charge is -2.35. The van der Waals surface area contributed by atoms with Gasteiger partial charge in [0, 0.05) is 24.8 Å². The van der Waals surface area contributed by atoms with Crippen molar-refractivity contribution in [2.45, 2.75) is 27.4 Å². The largest absolute Gasteiger partial charge is 0.486 e. The van der Waals surface area contributed by atoms with E-state index in [1.165, 1.54) is 6.07 Å². The molecule has 28 heavy (non-hydrogen) atoms. The lowest BCUT2D eigenvalue weighted by molar-refractivity contribution is -0.201. The van der Waals surface area contributed by atoms with Gasteiger partial charge in [0.05, 0.1) is 18.5 Å². The number of hydrogen-bond acceptors (Lipinski definition) is 5. The van der Waals surface area contributed by atoms with Crippen molar-refractivity contribution >= 4 is 11.7 Å². The molecule has 1 fully saturated rings. The minimum atomic E-state index is -0.532. The lowest BCUT2D eigenvalue weighted by atomic mass is 9.98. The maximum Gasteiger partial charge on any atom is 0.330 e. The topological polar surface area (TPSA) is 42.0 Å². The van der Waals surface area contributed by atoms with E-state index in [-0.39, 0.29) is 17.5 Å². The van der Waals surface area contributed by atoms with E-state index in [9.17, 15) is 9.18 Å². The van der Waals surface area contributed by atoms with Crippen LogP contribution in [0, 0.1) is 11.2 Å². The fourth-order valence-electron chi connectivity index (χ4n) is 2.83. The molecular weight excluding hydrogens is 359 g/mol. The molecule has 3 rings (SSSR count). The van der Waals surface area contributed by atoms with Crippen LogP contribution < -0.4 is 9.64 Å². The third-order valence-electron chi connectivity index (χ3n) is 4.58. The summed E-state index contributed by atoms with van der Waals surface area (Å²) in [6, 6.07) is 14.7. The van der Waals surface area contributed by atoms with Crippen molar-refractivity contribution in [2.75, 3.05) is 31.1 Å². The molecule has 5 nitrogen and oxygen atoms in total. The molecular formula is C22H27FN2O3. The first kappa shape index (κ1) is 20.1. The van der Waals surface area contributed by atoms with Crippen LogP contribution in [0.15, 0.2) is 48.5 Å². The van der Waals surface area contributed by atoms with Gasteiger partial charge in [-0.15, -0.1) is 5.06 Å². The highest BCUT2D eigenvalue weighted by Crippen LogP contribution is 2.26. The van der Waals surface area contributed by atoms with Crippen LogP contribution >= 0.6 is 0 Å². The molecule has 0 unspecified atom stereocenters. The summed E-state index contributed by atoms with van der Waals surface area (Å²) in [4.78, 5) is 19.5. The summed E-state index contributed by atoms with van der Waals surface area (Å²) in [7, 11) is 0. The quantitative estimate of drug-likeness (QED) is 0.776. The Morgan fingerprint density at radius 2 is 1.71 bits per heavy atom. The van der Waals surface area contributed by atoms with Crippen LogP contribution in [-0.4, -0.2) is 37.2 Å². The lowest BCUT2D eigenvalue weighted by Crippen LogP contribution is -2.48. The van der Waals surface area contributed by atoms with Crippen molar-refractivity contribution < 1.29 is 18.8 Å². The first-order valence-corrected chi connectivity index (χ1v) is 9.51. The number of halogens is 1. The Morgan fingerprint density at radius 1 is 1.04 bits per heavy atom. The number of rotatable bonds is 5. The van der Waals surface area contributed by atoms with Crippen LogP contribution in [0.3, 0.4) is 0 Å². The second-order valence-corrected chi connectivity index (χ2v) is 7.93. The van der Waals surface area contributed by atoms with Gasteiger partial charge in [0.2, 0.25) is 0 Å². The zero-order chi connectivity index (χ0) is 20.1. The molecule has 1 saturated heterocycles. The molecule has 1 aliphatic heterocycles. The summed E-state index contributed by atoms with van der Waals surface area (Å²) >= 11 is 0. The van der Waals surface area contributed by atoms with E-state index in [2.05, 4.69) is 4.90 Å². The van der Waals surface area contributed by atoms with Crippen molar-refractivity contribution in [1.29, 1.82) is 0 Å². The average Bonchev–Trinajstić information content (AvgIpc) is 2.67. The highest BCUT2D eigenvalue weighted by atomic mass is 19.1. The van der Waals surface area contributed by atoms with Gasteiger partial charge in [0.15, 0.2) is 11.6 Å². The number of anilines is 1. The smallest absolute Gasteiger partial charge is 0.330 e.